The Morgan fingerprint density at radius 3 is 2.55 bits per heavy atom. The minimum Gasteiger partial charge on any atom is -0.307 e. The summed E-state index contributed by atoms with van der Waals surface area (Å²) in [6.45, 7) is 6.89. The van der Waals surface area contributed by atoms with Crippen molar-refractivity contribution in [3.8, 4) is 0 Å². The average molecular weight is 170 g/mol. The standard InChI is InChI=1S/C8H18BNP/c1-7(2)9-6-10(3)8-5-11(8)4/h7-8H,5-6H2,1-4H3. The van der Waals surface area contributed by atoms with Crippen molar-refractivity contribution in [3.63, 3.8) is 0 Å². The molecule has 2 unspecified atom stereocenters. The van der Waals surface area contributed by atoms with Gasteiger partial charge < -0.3 is 4.90 Å². The first kappa shape index (κ1) is 9.54. The molecule has 1 aliphatic rings. The molecule has 0 aromatic carbocycles. The minimum absolute atomic E-state index is 0.402. The van der Waals surface area contributed by atoms with Crippen molar-refractivity contribution in [3.05, 3.63) is 0 Å². The number of hydrogen-bond donors (Lipinski definition) is 0. The largest absolute Gasteiger partial charge is 0.307 e. The monoisotopic (exact) mass is 170 g/mol. The lowest BCUT2D eigenvalue weighted by molar-refractivity contribution is 0.403. The van der Waals surface area contributed by atoms with Crippen LogP contribution in [0.5, 0.6) is 0 Å². The summed E-state index contributed by atoms with van der Waals surface area (Å²) < 4.78 is 0. The van der Waals surface area contributed by atoms with Crippen molar-refractivity contribution in [2.45, 2.75) is 25.4 Å². The molecule has 0 aromatic rings. The molecule has 0 saturated carbocycles. The van der Waals surface area contributed by atoms with E-state index in [9.17, 15) is 0 Å². The van der Waals surface area contributed by atoms with Crippen LogP contribution < -0.4 is 0 Å². The van der Waals surface area contributed by atoms with Gasteiger partial charge in [-0.25, -0.2) is 0 Å². The summed E-state index contributed by atoms with van der Waals surface area (Å²) in [6.07, 6.45) is 2.65. The van der Waals surface area contributed by atoms with Gasteiger partial charge in [-0.3, -0.25) is 0 Å². The Balaban J connectivity index is 2.07. The Kier molecular flexibility index (Phi) is 3.39. The first-order valence-electron chi connectivity index (χ1n) is 4.35. The van der Waals surface area contributed by atoms with E-state index in [1.807, 2.05) is 0 Å². The molecular weight excluding hydrogens is 152 g/mol. The van der Waals surface area contributed by atoms with Crippen molar-refractivity contribution in [2.75, 3.05) is 26.3 Å². The number of rotatable bonds is 4. The molecule has 0 aromatic heterocycles. The summed E-state index contributed by atoms with van der Waals surface area (Å²) in [5, 5.41) is 0. The van der Waals surface area contributed by atoms with Gasteiger partial charge in [-0.15, -0.1) is 0 Å². The highest BCUT2D eigenvalue weighted by atomic mass is 31.1. The Labute approximate surface area is 72.5 Å². The van der Waals surface area contributed by atoms with Crippen molar-refractivity contribution in [1.82, 2.24) is 4.90 Å². The van der Waals surface area contributed by atoms with Crippen LogP contribution in [0.15, 0.2) is 0 Å². The van der Waals surface area contributed by atoms with E-state index in [0.717, 1.165) is 11.6 Å². The zero-order valence-corrected chi connectivity index (χ0v) is 8.94. The van der Waals surface area contributed by atoms with Gasteiger partial charge in [0.05, 0.1) is 0 Å². The van der Waals surface area contributed by atoms with Crippen LogP contribution in [0.4, 0.5) is 0 Å². The molecule has 0 amide bonds. The molecule has 1 fully saturated rings. The van der Waals surface area contributed by atoms with Gasteiger partial charge in [0, 0.05) is 5.78 Å². The smallest absolute Gasteiger partial charge is 0.132 e. The first-order valence-corrected chi connectivity index (χ1v) is 6.39. The molecule has 3 heteroatoms. The highest BCUT2D eigenvalue weighted by molar-refractivity contribution is 7.65. The Morgan fingerprint density at radius 2 is 2.18 bits per heavy atom. The highest BCUT2D eigenvalue weighted by Crippen LogP contribution is 2.56. The predicted molar refractivity (Wildman–Crippen MR) is 55.0 cm³/mol. The van der Waals surface area contributed by atoms with E-state index in [2.05, 4.69) is 39.7 Å². The number of nitrogens with zero attached hydrogens (tertiary/aromatic N) is 1. The maximum Gasteiger partial charge on any atom is 0.132 e. The lowest BCUT2D eigenvalue weighted by Gasteiger charge is -2.16. The fourth-order valence-corrected chi connectivity index (χ4v) is 3.14. The predicted octanol–water partition coefficient (Wildman–Crippen LogP) is 1.86. The van der Waals surface area contributed by atoms with Gasteiger partial charge in [0.25, 0.3) is 0 Å². The van der Waals surface area contributed by atoms with E-state index in [0.29, 0.717) is 7.92 Å². The topological polar surface area (TPSA) is 3.24 Å². The van der Waals surface area contributed by atoms with Crippen LogP contribution in [-0.2, 0) is 0 Å². The van der Waals surface area contributed by atoms with Crippen LogP contribution in [0.25, 0.3) is 0 Å². The van der Waals surface area contributed by atoms with Crippen LogP contribution >= 0.6 is 7.92 Å². The lowest BCUT2D eigenvalue weighted by atomic mass is 9.66. The molecular formula is C8H18BNP. The summed E-state index contributed by atoms with van der Waals surface area (Å²) in [4.78, 5) is 2.49. The second kappa shape index (κ2) is 3.91. The van der Waals surface area contributed by atoms with Crippen LogP contribution in [0.3, 0.4) is 0 Å². The third-order valence-corrected chi connectivity index (χ3v) is 4.25. The third-order valence-electron chi connectivity index (χ3n) is 2.20. The molecule has 11 heavy (non-hydrogen) atoms. The summed E-state index contributed by atoms with van der Waals surface area (Å²) in [6, 6.07) is 0. The van der Waals surface area contributed by atoms with Gasteiger partial charge in [0.15, 0.2) is 0 Å². The van der Waals surface area contributed by atoms with Crippen LogP contribution in [0, 0.1) is 0 Å². The van der Waals surface area contributed by atoms with Gasteiger partial charge in [0.1, 0.15) is 7.28 Å². The fraction of sp³-hybridized carbons (Fsp3) is 1.00. The SMILES string of the molecule is CC(C)[B]CN(C)C1CP1C. The molecule has 1 aliphatic heterocycles. The molecule has 2 atom stereocenters. The minimum atomic E-state index is 0.402. The summed E-state index contributed by atoms with van der Waals surface area (Å²) in [5.41, 5.74) is 0. The van der Waals surface area contributed by atoms with E-state index < -0.39 is 0 Å². The molecule has 1 nitrogen and oxygen atoms in total. The van der Waals surface area contributed by atoms with E-state index in [4.69, 9.17) is 0 Å². The van der Waals surface area contributed by atoms with E-state index in [1.165, 1.54) is 12.6 Å². The Bertz CT molecular complexity index is 129. The molecule has 1 rings (SSSR count). The molecule has 1 radical (unpaired) electrons. The Morgan fingerprint density at radius 1 is 1.64 bits per heavy atom. The second-order valence-corrected chi connectivity index (χ2v) is 6.31. The van der Waals surface area contributed by atoms with Gasteiger partial charge in [-0.1, -0.05) is 27.6 Å². The van der Waals surface area contributed by atoms with Gasteiger partial charge in [-0.05, 0) is 26.3 Å². The van der Waals surface area contributed by atoms with Gasteiger partial charge in [0.2, 0.25) is 0 Å². The quantitative estimate of drug-likeness (QED) is 0.459. The summed E-state index contributed by atoms with van der Waals surface area (Å²) in [5.74, 6) is 1.68. The summed E-state index contributed by atoms with van der Waals surface area (Å²) in [7, 11) is 5.04. The van der Waals surface area contributed by atoms with Crippen molar-refractivity contribution < 1.29 is 0 Å². The summed E-state index contributed by atoms with van der Waals surface area (Å²) >= 11 is 0. The van der Waals surface area contributed by atoms with Gasteiger partial charge >= 0.3 is 0 Å². The third kappa shape index (κ3) is 3.13. The lowest BCUT2D eigenvalue weighted by Crippen LogP contribution is -2.27. The molecule has 0 N–H and O–H groups in total. The normalized spacial score (nSPS) is 29.6. The van der Waals surface area contributed by atoms with Crippen molar-refractivity contribution >= 4 is 15.2 Å². The van der Waals surface area contributed by atoms with Gasteiger partial charge in [-0.2, -0.15) is 0 Å². The van der Waals surface area contributed by atoms with Crippen LogP contribution in [0.2, 0.25) is 5.82 Å². The van der Waals surface area contributed by atoms with E-state index in [-0.39, 0.29) is 0 Å². The molecule has 63 valence electrons. The maximum absolute atomic E-state index is 2.49. The molecule has 1 heterocycles. The van der Waals surface area contributed by atoms with E-state index >= 15 is 0 Å². The second-order valence-electron chi connectivity index (χ2n) is 3.84. The van der Waals surface area contributed by atoms with Crippen LogP contribution in [-0.4, -0.2) is 44.3 Å². The molecule has 0 spiro atoms. The molecule has 1 saturated heterocycles. The van der Waals surface area contributed by atoms with Crippen LogP contribution in [0.1, 0.15) is 13.8 Å². The fourth-order valence-electron chi connectivity index (χ4n) is 1.19. The zero-order valence-electron chi connectivity index (χ0n) is 8.04. The number of hydrogen-bond acceptors (Lipinski definition) is 1. The molecule has 0 aliphatic carbocycles. The zero-order chi connectivity index (χ0) is 8.43. The molecule has 0 bridgehead atoms. The average Bonchev–Trinajstić information content (AvgIpc) is 2.61. The maximum atomic E-state index is 2.49. The highest BCUT2D eigenvalue weighted by Gasteiger charge is 2.35. The van der Waals surface area contributed by atoms with E-state index in [1.54, 1.807) is 0 Å². The van der Waals surface area contributed by atoms with Crippen molar-refractivity contribution in [1.29, 1.82) is 0 Å². The van der Waals surface area contributed by atoms with Crippen molar-refractivity contribution in [2.24, 2.45) is 0 Å². The first-order chi connectivity index (χ1) is 5.11. The Hall–Kier alpha value is 0.455.